The van der Waals surface area contributed by atoms with E-state index in [0.29, 0.717) is 0 Å². The summed E-state index contributed by atoms with van der Waals surface area (Å²) in [6, 6.07) is 56.3. The van der Waals surface area contributed by atoms with Gasteiger partial charge in [-0.05, 0) is 67.8 Å². The molecule has 184 valence electrons. The third-order valence-corrected chi connectivity index (χ3v) is 9.42. The zero-order valence-electron chi connectivity index (χ0n) is 21.3. The molecule has 2 aliphatic carbocycles. The van der Waals surface area contributed by atoms with E-state index in [2.05, 4.69) is 168 Å². The van der Waals surface area contributed by atoms with Gasteiger partial charge in [0.25, 0.3) is 0 Å². The minimum atomic E-state index is -0.468. The van der Waals surface area contributed by atoms with Gasteiger partial charge in [-0.2, -0.15) is 0 Å². The van der Waals surface area contributed by atoms with Crippen LogP contribution in [0, 0.1) is 0 Å². The molecule has 0 saturated heterocycles. The number of halogens is 1. The first-order valence-corrected chi connectivity index (χ1v) is 14.3. The molecule has 39 heavy (non-hydrogen) atoms. The lowest BCUT2D eigenvalue weighted by Crippen LogP contribution is -2.44. The second kappa shape index (κ2) is 8.40. The summed E-state index contributed by atoms with van der Waals surface area (Å²) >= 11 is 3.70. The summed E-state index contributed by atoms with van der Waals surface area (Å²) in [6.45, 7) is 0. The smallest absolute Gasteiger partial charge is 0.0622 e. The van der Waals surface area contributed by atoms with Crippen molar-refractivity contribution in [2.75, 3.05) is 0 Å². The maximum atomic E-state index is 3.70. The van der Waals surface area contributed by atoms with Gasteiger partial charge in [0.15, 0.2) is 0 Å². The molecular formula is C38H25Br. The first-order valence-electron chi connectivity index (χ1n) is 13.5. The monoisotopic (exact) mass is 560 g/mol. The van der Waals surface area contributed by atoms with Crippen LogP contribution in [0.25, 0.3) is 11.1 Å². The molecule has 0 fully saturated rings. The van der Waals surface area contributed by atoms with E-state index in [1.807, 2.05) is 0 Å². The van der Waals surface area contributed by atoms with E-state index < -0.39 is 10.8 Å². The SMILES string of the molecule is Brc1ccc(C2(c3ccccc3)c3ccccc3[C@]3(c4ccccc4)c4ccccc4-c4cccc2c43)cc1. The van der Waals surface area contributed by atoms with Crippen LogP contribution < -0.4 is 0 Å². The molecule has 0 aliphatic heterocycles. The van der Waals surface area contributed by atoms with Crippen molar-refractivity contribution in [2.45, 2.75) is 10.8 Å². The van der Waals surface area contributed by atoms with Gasteiger partial charge >= 0.3 is 0 Å². The Balaban J connectivity index is 1.64. The lowest BCUT2D eigenvalue weighted by atomic mass is 9.52. The lowest BCUT2D eigenvalue weighted by molar-refractivity contribution is 0.626. The third kappa shape index (κ3) is 2.84. The van der Waals surface area contributed by atoms with E-state index in [0.717, 1.165) is 4.47 Å². The molecule has 0 heterocycles. The number of fused-ring (bicyclic) bond motifs is 5. The largest absolute Gasteiger partial charge is 0.0720 e. The Morgan fingerprint density at radius 2 is 0.795 bits per heavy atom. The zero-order chi connectivity index (χ0) is 26.0. The highest BCUT2D eigenvalue weighted by Crippen LogP contribution is 2.65. The number of rotatable bonds is 3. The quantitative estimate of drug-likeness (QED) is 0.202. The minimum absolute atomic E-state index is 0.395. The summed E-state index contributed by atoms with van der Waals surface area (Å²) in [5, 5.41) is 0. The normalized spacial score (nSPS) is 20.1. The van der Waals surface area contributed by atoms with Crippen LogP contribution in [0.2, 0.25) is 0 Å². The van der Waals surface area contributed by atoms with Crippen LogP contribution in [0.4, 0.5) is 0 Å². The number of hydrogen-bond acceptors (Lipinski definition) is 0. The van der Waals surface area contributed by atoms with Gasteiger partial charge in [-0.1, -0.05) is 155 Å². The standard InChI is InChI=1S/C38H25Br/c39-29-24-22-28(23-25-29)37(26-12-3-1-4-13-26)33-19-9-10-20-34(33)38(27-14-5-2-6-15-27)32-18-8-7-16-30(32)31-17-11-21-35(37)36(31)38/h1-25H/t37?,38-/m0/s1. The molecular weight excluding hydrogens is 536 g/mol. The first kappa shape index (κ1) is 22.8. The maximum Gasteiger partial charge on any atom is 0.0720 e. The molecule has 1 unspecified atom stereocenters. The van der Waals surface area contributed by atoms with Crippen molar-refractivity contribution in [1.82, 2.24) is 0 Å². The second-order valence-corrected chi connectivity index (χ2v) is 11.5. The summed E-state index contributed by atoms with van der Waals surface area (Å²) < 4.78 is 1.09. The van der Waals surface area contributed by atoms with Gasteiger partial charge in [0.05, 0.1) is 10.8 Å². The molecule has 8 rings (SSSR count). The molecule has 0 spiro atoms. The molecule has 0 radical (unpaired) electrons. The molecule has 6 aromatic carbocycles. The molecule has 0 amide bonds. The average Bonchev–Trinajstić information content (AvgIpc) is 3.32. The average molecular weight is 562 g/mol. The van der Waals surface area contributed by atoms with Gasteiger partial charge in [0, 0.05) is 4.47 Å². The van der Waals surface area contributed by atoms with Crippen molar-refractivity contribution < 1.29 is 0 Å². The van der Waals surface area contributed by atoms with Crippen LogP contribution in [-0.4, -0.2) is 0 Å². The molecule has 0 N–H and O–H groups in total. The van der Waals surface area contributed by atoms with Crippen LogP contribution >= 0.6 is 15.9 Å². The molecule has 2 aliphatic rings. The Hall–Kier alpha value is -4.20. The summed E-state index contributed by atoms with van der Waals surface area (Å²) in [5.74, 6) is 0. The Morgan fingerprint density at radius 3 is 1.46 bits per heavy atom. The van der Waals surface area contributed by atoms with E-state index in [4.69, 9.17) is 0 Å². The first-order chi connectivity index (χ1) is 19.3. The number of hydrogen-bond donors (Lipinski definition) is 0. The second-order valence-electron chi connectivity index (χ2n) is 10.6. The van der Waals surface area contributed by atoms with Crippen molar-refractivity contribution in [3.05, 3.63) is 201 Å². The highest BCUT2D eigenvalue weighted by molar-refractivity contribution is 9.10. The molecule has 0 bridgehead atoms. The van der Waals surface area contributed by atoms with Crippen LogP contribution in [0.15, 0.2) is 156 Å². The Morgan fingerprint density at radius 1 is 0.333 bits per heavy atom. The van der Waals surface area contributed by atoms with E-state index in [-0.39, 0.29) is 0 Å². The highest BCUT2D eigenvalue weighted by Gasteiger charge is 2.57. The predicted octanol–water partition coefficient (Wildman–Crippen LogP) is 9.51. The molecule has 0 aromatic heterocycles. The van der Waals surface area contributed by atoms with E-state index in [9.17, 15) is 0 Å². The van der Waals surface area contributed by atoms with Gasteiger partial charge in [-0.3, -0.25) is 0 Å². The Kier molecular flexibility index (Phi) is 4.90. The lowest BCUT2D eigenvalue weighted by Gasteiger charge is -2.49. The summed E-state index contributed by atoms with van der Waals surface area (Å²) in [6.07, 6.45) is 0. The fourth-order valence-corrected chi connectivity index (χ4v) is 7.82. The van der Waals surface area contributed by atoms with Gasteiger partial charge in [-0.15, -0.1) is 0 Å². The van der Waals surface area contributed by atoms with Gasteiger partial charge < -0.3 is 0 Å². The van der Waals surface area contributed by atoms with Gasteiger partial charge in [0.2, 0.25) is 0 Å². The van der Waals surface area contributed by atoms with Crippen LogP contribution in [0.3, 0.4) is 0 Å². The topological polar surface area (TPSA) is 0 Å². The van der Waals surface area contributed by atoms with Crippen molar-refractivity contribution in [2.24, 2.45) is 0 Å². The molecule has 2 atom stereocenters. The maximum absolute atomic E-state index is 3.70. The van der Waals surface area contributed by atoms with Gasteiger partial charge in [0.1, 0.15) is 0 Å². The Bertz CT molecular complexity index is 1850. The van der Waals surface area contributed by atoms with E-state index in [1.165, 1.54) is 55.6 Å². The molecule has 6 aromatic rings. The molecule has 0 saturated carbocycles. The van der Waals surface area contributed by atoms with Crippen LogP contribution in [0.5, 0.6) is 0 Å². The third-order valence-electron chi connectivity index (χ3n) is 8.89. The van der Waals surface area contributed by atoms with E-state index >= 15 is 0 Å². The van der Waals surface area contributed by atoms with E-state index in [1.54, 1.807) is 0 Å². The highest BCUT2D eigenvalue weighted by atomic mass is 79.9. The summed E-state index contributed by atoms with van der Waals surface area (Å²) in [5.41, 5.74) is 12.5. The summed E-state index contributed by atoms with van der Waals surface area (Å²) in [7, 11) is 0. The minimum Gasteiger partial charge on any atom is -0.0622 e. The van der Waals surface area contributed by atoms with Crippen LogP contribution in [-0.2, 0) is 10.8 Å². The van der Waals surface area contributed by atoms with Crippen molar-refractivity contribution in [3.63, 3.8) is 0 Å². The fraction of sp³-hybridized carbons (Fsp3) is 0.0526. The predicted molar refractivity (Wildman–Crippen MR) is 163 cm³/mol. The summed E-state index contributed by atoms with van der Waals surface area (Å²) in [4.78, 5) is 0. The molecule has 0 nitrogen and oxygen atoms in total. The molecule has 1 heteroatoms. The van der Waals surface area contributed by atoms with Crippen molar-refractivity contribution >= 4 is 15.9 Å². The van der Waals surface area contributed by atoms with Crippen molar-refractivity contribution in [1.29, 1.82) is 0 Å². The van der Waals surface area contributed by atoms with Crippen molar-refractivity contribution in [3.8, 4) is 11.1 Å². The van der Waals surface area contributed by atoms with Gasteiger partial charge in [-0.25, -0.2) is 0 Å². The fourth-order valence-electron chi connectivity index (χ4n) is 7.56. The van der Waals surface area contributed by atoms with Crippen LogP contribution in [0.1, 0.15) is 44.5 Å². The zero-order valence-corrected chi connectivity index (χ0v) is 22.9. The Labute approximate surface area is 237 Å². The number of benzene rings is 6.